The van der Waals surface area contributed by atoms with Crippen LogP contribution in [0.4, 0.5) is 0 Å². The van der Waals surface area contributed by atoms with E-state index in [1.165, 1.54) is 6.08 Å². The van der Waals surface area contributed by atoms with E-state index in [0.717, 1.165) is 61.1 Å². The van der Waals surface area contributed by atoms with Crippen LogP contribution < -0.4 is 9.88 Å². The molecule has 1 aliphatic rings. The lowest BCUT2D eigenvalue weighted by atomic mass is 9.92. The Morgan fingerprint density at radius 3 is 2.69 bits per heavy atom. The molecular formula is C19H23ClN2O5S2. The molecule has 0 N–H and O–H groups in total. The summed E-state index contributed by atoms with van der Waals surface area (Å²) in [5, 5.41) is 2.43. The Morgan fingerprint density at radius 2 is 2.03 bits per heavy atom. The summed E-state index contributed by atoms with van der Waals surface area (Å²) in [5.41, 5.74) is 1.18. The van der Waals surface area contributed by atoms with Gasteiger partial charge in [-0.25, -0.2) is 9.47 Å². The normalized spacial score (nSPS) is 15.6. The summed E-state index contributed by atoms with van der Waals surface area (Å²) in [6.07, 6.45) is 6.84. The molecule has 1 aromatic carbocycles. The Balaban J connectivity index is 1.65. The number of halogens is 1. The van der Waals surface area contributed by atoms with Gasteiger partial charge >= 0.3 is 4.87 Å². The van der Waals surface area contributed by atoms with Crippen LogP contribution in [0, 0.1) is 5.92 Å². The van der Waals surface area contributed by atoms with E-state index in [9.17, 15) is 18.0 Å². The van der Waals surface area contributed by atoms with E-state index in [1.807, 2.05) is 5.01 Å². The summed E-state index contributed by atoms with van der Waals surface area (Å²) >= 11 is 7.39. The van der Waals surface area contributed by atoms with E-state index in [0.29, 0.717) is 28.4 Å². The molecule has 29 heavy (non-hydrogen) atoms. The standard InChI is InChI=1S/C19H23ClN2O5S2/c1-29(25,26)27-13-3-2-4-14-7-10-21(11-8-14)22-18-15(9-12-23)16(20)5-6-17(18)28-19(22)24/h5-6,9,14H,2-4,7-8,10-11,13H2,1H3. The molecule has 1 saturated heterocycles. The van der Waals surface area contributed by atoms with Crippen LogP contribution in [0.15, 0.2) is 16.9 Å². The number of rotatable bonds is 8. The van der Waals surface area contributed by atoms with Crippen molar-refractivity contribution in [3.05, 3.63) is 32.4 Å². The van der Waals surface area contributed by atoms with Crippen molar-refractivity contribution in [2.45, 2.75) is 32.1 Å². The van der Waals surface area contributed by atoms with Crippen LogP contribution in [-0.2, 0) is 19.1 Å². The third kappa shape index (κ3) is 5.49. The van der Waals surface area contributed by atoms with Crippen molar-refractivity contribution < 1.29 is 17.4 Å². The Bertz CT molecular complexity index is 1080. The SMILES string of the molecule is CS(=O)(=O)OCCCCC1CCN(n2c(=O)sc3ccc(Cl)c(C=C=O)c32)CC1. The van der Waals surface area contributed by atoms with Gasteiger partial charge in [0, 0.05) is 24.7 Å². The zero-order valence-electron chi connectivity index (χ0n) is 16.1. The van der Waals surface area contributed by atoms with Crippen molar-refractivity contribution >= 4 is 55.3 Å². The second kappa shape index (κ2) is 9.45. The van der Waals surface area contributed by atoms with Crippen molar-refractivity contribution in [2.24, 2.45) is 5.92 Å². The van der Waals surface area contributed by atoms with Gasteiger partial charge in [-0.1, -0.05) is 35.8 Å². The van der Waals surface area contributed by atoms with E-state index in [4.69, 9.17) is 15.8 Å². The molecule has 0 amide bonds. The van der Waals surface area contributed by atoms with Gasteiger partial charge in [0.25, 0.3) is 10.1 Å². The van der Waals surface area contributed by atoms with Gasteiger partial charge in [-0.15, -0.1) is 0 Å². The highest BCUT2D eigenvalue weighted by atomic mass is 35.5. The lowest BCUT2D eigenvalue weighted by Crippen LogP contribution is -2.45. The van der Waals surface area contributed by atoms with Gasteiger partial charge in [-0.2, -0.15) is 8.42 Å². The summed E-state index contributed by atoms with van der Waals surface area (Å²) in [5.74, 6) is 2.30. The topological polar surface area (TPSA) is 85.7 Å². The van der Waals surface area contributed by atoms with E-state index in [-0.39, 0.29) is 11.5 Å². The van der Waals surface area contributed by atoms with Gasteiger partial charge in [-0.05, 0) is 37.3 Å². The molecule has 0 atom stereocenters. The maximum atomic E-state index is 12.6. The van der Waals surface area contributed by atoms with Gasteiger partial charge in [0.2, 0.25) is 0 Å². The number of unbranched alkanes of at least 4 members (excludes halogenated alkanes) is 1. The third-order valence-corrected chi connectivity index (χ3v) is 6.91. The number of piperidine rings is 1. The minimum absolute atomic E-state index is 0.0980. The van der Waals surface area contributed by atoms with Gasteiger partial charge in [0.15, 0.2) is 0 Å². The fourth-order valence-electron chi connectivity index (χ4n) is 3.70. The molecule has 7 nitrogen and oxygen atoms in total. The highest BCUT2D eigenvalue weighted by Crippen LogP contribution is 2.30. The zero-order valence-corrected chi connectivity index (χ0v) is 18.5. The van der Waals surface area contributed by atoms with Gasteiger partial charge in [0.05, 0.1) is 28.1 Å². The summed E-state index contributed by atoms with van der Waals surface area (Å²) < 4.78 is 29.1. The summed E-state index contributed by atoms with van der Waals surface area (Å²) in [7, 11) is -3.37. The van der Waals surface area contributed by atoms with Crippen LogP contribution >= 0.6 is 22.9 Å². The minimum Gasteiger partial charge on any atom is -0.309 e. The minimum atomic E-state index is -3.37. The maximum Gasteiger partial charge on any atom is 0.326 e. The predicted molar refractivity (Wildman–Crippen MR) is 117 cm³/mol. The highest BCUT2D eigenvalue weighted by Gasteiger charge is 2.23. The van der Waals surface area contributed by atoms with Gasteiger partial charge in [0.1, 0.15) is 5.94 Å². The quantitative estimate of drug-likeness (QED) is 0.343. The maximum absolute atomic E-state index is 12.6. The van der Waals surface area contributed by atoms with Crippen LogP contribution in [0.2, 0.25) is 5.02 Å². The summed E-state index contributed by atoms with van der Waals surface area (Å²) in [4.78, 5) is 23.5. The first-order chi connectivity index (χ1) is 13.8. The van der Waals surface area contributed by atoms with Crippen LogP contribution in [0.1, 0.15) is 37.7 Å². The molecule has 158 valence electrons. The summed E-state index contributed by atoms with van der Waals surface area (Å²) in [6, 6.07) is 3.49. The van der Waals surface area contributed by atoms with Gasteiger partial charge in [-0.3, -0.25) is 8.98 Å². The van der Waals surface area contributed by atoms with Crippen molar-refractivity contribution in [3.63, 3.8) is 0 Å². The highest BCUT2D eigenvalue weighted by molar-refractivity contribution is 7.85. The predicted octanol–water partition coefficient (Wildman–Crippen LogP) is 3.06. The molecule has 0 bridgehead atoms. The van der Waals surface area contributed by atoms with E-state index in [1.54, 1.807) is 22.8 Å². The second-order valence-corrected chi connectivity index (χ2v) is 10.2. The molecule has 0 unspecified atom stereocenters. The molecule has 3 rings (SSSR count). The molecule has 1 aromatic heterocycles. The Hall–Kier alpha value is -1.64. The van der Waals surface area contributed by atoms with E-state index in [2.05, 4.69) is 0 Å². The number of hydrogen-bond donors (Lipinski definition) is 0. The molecular weight excluding hydrogens is 436 g/mol. The van der Waals surface area contributed by atoms with Crippen molar-refractivity contribution in [1.29, 1.82) is 0 Å². The molecule has 0 aliphatic carbocycles. The Kier molecular flexibility index (Phi) is 7.19. The number of carbonyl (C=O) groups excluding carboxylic acids is 1. The molecule has 1 fully saturated rings. The molecule has 1 aliphatic heterocycles. The number of fused-ring (bicyclic) bond motifs is 1. The smallest absolute Gasteiger partial charge is 0.309 e. The van der Waals surface area contributed by atoms with Crippen LogP contribution in [0.25, 0.3) is 16.3 Å². The van der Waals surface area contributed by atoms with E-state index >= 15 is 0 Å². The van der Waals surface area contributed by atoms with Crippen molar-refractivity contribution in [1.82, 2.24) is 4.68 Å². The molecule has 10 heteroatoms. The average Bonchev–Trinajstić information content (AvgIpc) is 3.00. The summed E-state index contributed by atoms with van der Waals surface area (Å²) in [6.45, 7) is 1.68. The largest absolute Gasteiger partial charge is 0.326 e. The van der Waals surface area contributed by atoms with Crippen LogP contribution in [0.5, 0.6) is 0 Å². The fourth-order valence-corrected chi connectivity index (χ4v) is 5.24. The fraction of sp³-hybridized carbons (Fsp3) is 0.526. The van der Waals surface area contributed by atoms with E-state index < -0.39 is 10.1 Å². The monoisotopic (exact) mass is 458 g/mol. The number of aromatic nitrogens is 1. The van der Waals surface area contributed by atoms with Crippen LogP contribution in [0.3, 0.4) is 0 Å². The zero-order chi connectivity index (χ0) is 21.0. The number of nitrogens with zero attached hydrogens (tertiary/aromatic N) is 2. The Morgan fingerprint density at radius 1 is 1.31 bits per heavy atom. The van der Waals surface area contributed by atoms with Crippen molar-refractivity contribution in [2.75, 3.05) is 31.0 Å². The van der Waals surface area contributed by atoms with Gasteiger partial charge < -0.3 is 5.01 Å². The molecule has 2 heterocycles. The van der Waals surface area contributed by atoms with Crippen molar-refractivity contribution in [3.8, 4) is 0 Å². The molecule has 0 saturated carbocycles. The average molecular weight is 459 g/mol. The second-order valence-electron chi connectivity index (χ2n) is 7.17. The first-order valence-corrected chi connectivity index (χ1v) is 12.5. The van der Waals surface area contributed by atoms with Crippen LogP contribution in [-0.4, -0.2) is 45.0 Å². The number of hydrogen-bond acceptors (Lipinski definition) is 7. The first-order valence-electron chi connectivity index (χ1n) is 9.44. The number of thiazole rings is 1. The lowest BCUT2D eigenvalue weighted by Gasteiger charge is -2.34. The number of benzene rings is 1. The molecule has 0 spiro atoms. The molecule has 2 aromatic rings. The lowest BCUT2D eigenvalue weighted by molar-refractivity contribution is 0.291. The first kappa shape index (κ1) is 22.1. The molecule has 0 radical (unpaired) electrons. The third-order valence-electron chi connectivity index (χ3n) is 5.09. The Labute approximate surface area is 178 Å².